The van der Waals surface area contributed by atoms with E-state index in [9.17, 15) is 4.79 Å². The van der Waals surface area contributed by atoms with Gasteiger partial charge in [0, 0.05) is 32.1 Å². The summed E-state index contributed by atoms with van der Waals surface area (Å²) in [6.45, 7) is 9.57. The second kappa shape index (κ2) is 11.6. The predicted molar refractivity (Wildman–Crippen MR) is 113 cm³/mol. The fourth-order valence-electron chi connectivity index (χ4n) is 3.43. The summed E-state index contributed by atoms with van der Waals surface area (Å²) < 4.78 is 0. The maximum Gasteiger partial charge on any atom is 0.222 e. The highest BCUT2D eigenvalue weighted by molar-refractivity contribution is 5.80. The van der Waals surface area contributed by atoms with E-state index in [4.69, 9.17) is 4.99 Å². The first kappa shape index (κ1) is 21.3. The number of hydrogen-bond donors (Lipinski definition) is 2. The summed E-state index contributed by atoms with van der Waals surface area (Å²) in [5.41, 5.74) is 2.39. The van der Waals surface area contributed by atoms with Crippen LogP contribution in [0.4, 0.5) is 0 Å². The lowest BCUT2D eigenvalue weighted by Crippen LogP contribution is -2.42. The largest absolute Gasteiger partial charge is 0.357 e. The van der Waals surface area contributed by atoms with Crippen molar-refractivity contribution in [3.05, 3.63) is 35.4 Å². The molecule has 2 rings (SSSR count). The van der Waals surface area contributed by atoms with Crippen LogP contribution in [-0.4, -0.2) is 35.9 Å². The molecule has 1 aliphatic heterocycles. The van der Waals surface area contributed by atoms with E-state index in [-0.39, 0.29) is 5.91 Å². The maximum absolute atomic E-state index is 11.9. The van der Waals surface area contributed by atoms with Gasteiger partial charge in [-0.3, -0.25) is 4.79 Å². The monoisotopic (exact) mass is 372 g/mol. The van der Waals surface area contributed by atoms with Gasteiger partial charge in [-0.1, -0.05) is 50.5 Å². The Hall–Kier alpha value is -2.04. The molecule has 1 unspecified atom stereocenters. The fraction of sp³-hybridized carbons (Fsp3) is 0.636. The van der Waals surface area contributed by atoms with Gasteiger partial charge in [0.1, 0.15) is 0 Å². The first-order valence-electron chi connectivity index (χ1n) is 10.5. The predicted octanol–water partition coefficient (Wildman–Crippen LogP) is 3.83. The summed E-state index contributed by atoms with van der Waals surface area (Å²) in [6, 6.07) is 8.74. The summed E-state index contributed by atoms with van der Waals surface area (Å²) in [5.74, 6) is 1.14. The Labute approximate surface area is 164 Å². The number of amides is 1. The van der Waals surface area contributed by atoms with E-state index in [1.807, 2.05) is 17.0 Å². The molecule has 1 aromatic rings. The number of carbonyl (C=O) groups is 1. The van der Waals surface area contributed by atoms with Crippen LogP contribution in [0.5, 0.6) is 0 Å². The number of carbonyl (C=O) groups excluding carboxylic acids is 1. The van der Waals surface area contributed by atoms with Crippen LogP contribution >= 0.6 is 0 Å². The lowest BCUT2D eigenvalue weighted by Gasteiger charge is -2.19. The first-order chi connectivity index (χ1) is 13.1. The third-order valence-electron chi connectivity index (χ3n) is 5.03. The van der Waals surface area contributed by atoms with Gasteiger partial charge >= 0.3 is 0 Å². The Morgan fingerprint density at radius 3 is 2.67 bits per heavy atom. The molecule has 0 bridgehead atoms. The lowest BCUT2D eigenvalue weighted by molar-refractivity contribution is -0.128. The minimum atomic E-state index is 0.268. The number of likely N-dealkylation sites (tertiary alicyclic amines) is 1. The molecule has 150 valence electrons. The minimum absolute atomic E-state index is 0.268. The average molecular weight is 373 g/mol. The zero-order chi connectivity index (χ0) is 19.5. The normalized spacial score (nSPS) is 15.9. The van der Waals surface area contributed by atoms with Crippen LogP contribution in [0.15, 0.2) is 29.3 Å². The molecule has 27 heavy (non-hydrogen) atoms. The highest BCUT2D eigenvalue weighted by atomic mass is 16.2. The Morgan fingerprint density at radius 2 is 2.00 bits per heavy atom. The number of rotatable bonds is 10. The van der Waals surface area contributed by atoms with Crippen molar-refractivity contribution in [1.29, 1.82) is 0 Å². The first-order valence-corrected chi connectivity index (χ1v) is 10.5. The highest BCUT2D eigenvalue weighted by Gasteiger charge is 2.20. The number of unbranched alkanes of at least 4 members (excludes halogenated alkanes) is 2. The van der Waals surface area contributed by atoms with Gasteiger partial charge < -0.3 is 15.5 Å². The quantitative estimate of drug-likeness (QED) is 0.373. The van der Waals surface area contributed by atoms with Crippen LogP contribution in [0.3, 0.4) is 0 Å². The van der Waals surface area contributed by atoms with Crippen molar-refractivity contribution in [2.75, 3.05) is 13.1 Å². The third-order valence-corrected chi connectivity index (χ3v) is 5.03. The maximum atomic E-state index is 11.9. The second-order valence-corrected chi connectivity index (χ2v) is 7.42. The molecule has 1 amide bonds. The number of guanidine groups is 1. The van der Waals surface area contributed by atoms with Crippen molar-refractivity contribution in [3.8, 4) is 0 Å². The molecule has 1 aromatic carbocycles. The number of aliphatic imine (C=N–C) groups is 1. The molecule has 5 heteroatoms. The van der Waals surface area contributed by atoms with Crippen molar-refractivity contribution < 1.29 is 4.79 Å². The topological polar surface area (TPSA) is 56.7 Å². The summed E-state index contributed by atoms with van der Waals surface area (Å²) in [4.78, 5) is 18.7. The third kappa shape index (κ3) is 7.24. The molecule has 1 aliphatic rings. The molecule has 0 spiro atoms. The van der Waals surface area contributed by atoms with Gasteiger partial charge in [-0.2, -0.15) is 0 Å². The SMILES string of the molecule is CCCCCC(C)NC(=NCc1ccccc1CN1CCCC1=O)NCC. The van der Waals surface area contributed by atoms with Crippen molar-refractivity contribution >= 4 is 11.9 Å². The van der Waals surface area contributed by atoms with Gasteiger partial charge in [0.2, 0.25) is 5.91 Å². The van der Waals surface area contributed by atoms with Crippen LogP contribution < -0.4 is 10.6 Å². The average Bonchev–Trinajstić information content (AvgIpc) is 3.06. The van der Waals surface area contributed by atoms with E-state index < -0.39 is 0 Å². The van der Waals surface area contributed by atoms with Crippen LogP contribution in [0.25, 0.3) is 0 Å². The molecular formula is C22H36N4O. The number of benzene rings is 1. The Kier molecular flexibility index (Phi) is 9.16. The second-order valence-electron chi connectivity index (χ2n) is 7.42. The van der Waals surface area contributed by atoms with Crippen molar-refractivity contribution in [2.24, 2.45) is 4.99 Å². The van der Waals surface area contributed by atoms with Gasteiger partial charge in [-0.05, 0) is 37.8 Å². The summed E-state index contributed by atoms with van der Waals surface area (Å²) in [6.07, 6.45) is 6.59. The van der Waals surface area contributed by atoms with Crippen LogP contribution in [0.2, 0.25) is 0 Å². The van der Waals surface area contributed by atoms with Crippen molar-refractivity contribution in [2.45, 2.75) is 78.4 Å². The zero-order valence-corrected chi connectivity index (χ0v) is 17.3. The van der Waals surface area contributed by atoms with E-state index >= 15 is 0 Å². The Bertz CT molecular complexity index is 614. The molecule has 0 saturated carbocycles. The lowest BCUT2D eigenvalue weighted by atomic mass is 10.1. The number of nitrogens with one attached hydrogen (secondary N) is 2. The Balaban J connectivity index is 1.99. The molecule has 1 fully saturated rings. The molecule has 1 saturated heterocycles. The van der Waals surface area contributed by atoms with E-state index in [1.165, 1.54) is 30.4 Å². The van der Waals surface area contributed by atoms with Gasteiger partial charge in [0.25, 0.3) is 0 Å². The van der Waals surface area contributed by atoms with Gasteiger partial charge in [0.15, 0.2) is 5.96 Å². The molecule has 0 radical (unpaired) electrons. The molecule has 5 nitrogen and oxygen atoms in total. The molecular weight excluding hydrogens is 336 g/mol. The molecule has 1 heterocycles. The van der Waals surface area contributed by atoms with Gasteiger partial charge in [-0.25, -0.2) is 4.99 Å². The van der Waals surface area contributed by atoms with E-state index in [0.717, 1.165) is 31.9 Å². The number of nitrogens with zero attached hydrogens (tertiary/aromatic N) is 2. The standard InChI is InChI=1S/C22H36N4O/c1-4-6-7-11-18(3)25-22(23-5-2)24-16-19-12-8-9-13-20(19)17-26-15-10-14-21(26)27/h8-9,12-13,18H,4-7,10-11,14-17H2,1-3H3,(H2,23,24,25). The van der Waals surface area contributed by atoms with E-state index in [0.29, 0.717) is 25.6 Å². The smallest absolute Gasteiger partial charge is 0.222 e. The molecule has 0 aliphatic carbocycles. The number of hydrogen-bond acceptors (Lipinski definition) is 2. The van der Waals surface area contributed by atoms with Gasteiger partial charge in [0.05, 0.1) is 6.54 Å². The van der Waals surface area contributed by atoms with Crippen LogP contribution in [0, 0.1) is 0 Å². The highest BCUT2D eigenvalue weighted by Crippen LogP contribution is 2.17. The van der Waals surface area contributed by atoms with Crippen LogP contribution in [0.1, 0.15) is 70.4 Å². The van der Waals surface area contributed by atoms with Crippen LogP contribution in [-0.2, 0) is 17.9 Å². The Morgan fingerprint density at radius 1 is 1.22 bits per heavy atom. The molecule has 1 atom stereocenters. The zero-order valence-electron chi connectivity index (χ0n) is 17.3. The molecule has 0 aromatic heterocycles. The summed E-state index contributed by atoms with van der Waals surface area (Å²) in [5, 5.41) is 6.87. The summed E-state index contributed by atoms with van der Waals surface area (Å²) >= 11 is 0. The fourth-order valence-corrected chi connectivity index (χ4v) is 3.43. The minimum Gasteiger partial charge on any atom is -0.357 e. The van der Waals surface area contributed by atoms with Gasteiger partial charge in [-0.15, -0.1) is 0 Å². The molecule has 2 N–H and O–H groups in total. The summed E-state index contributed by atoms with van der Waals surface area (Å²) in [7, 11) is 0. The van der Waals surface area contributed by atoms with Crippen molar-refractivity contribution in [3.63, 3.8) is 0 Å². The van der Waals surface area contributed by atoms with E-state index in [1.54, 1.807) is 0 Å². The van der Waals surface area contributed by atoms with Crippen molar-refractivity contribution in [1.82, 2.24) is 15.5 Å². The van der Waals surface area contributed by atoms with E-state index in [2.05, 4.69) is 43.5 Å².